The van der Waals surface area contributed by atoms with Gasteiger partial charge in [-0.2, -0.15) is 0 Å². The van der Waals surface area contributed by atoms with E-state index in [9.17, 15) is 19.0 Å². The second-order valence-corrected chi connectivity index (χ2v) is 13.9. The maximum absolute atomic E-state index is 12.4. The Morgan fingerprint density at radius 2 is 1.02 bits per heavy atom. The molecule has 0 saturated heterocycles. The number of carbonyl (C=O) groups is 2. The molecule has 0 aromatic carbocycles. The molecule has 2 unspecified atom stereocenters. The van der Waals surface area contributed by atoms with Crippen molar-refractivity contribution >= 4 is 19.8 Å². The van der Waals surface area contributed by atoms with Gasteiger partial charge in [0.2, 0.25) is 0 Å². The largest absolute Gasteiger partial charge is 0.472 e. The van der Waals surface area contributed by atoms with Gasteiger partial charge in [-0.15, -0.1) is 0 Å². The first-order chi connectivity index (χ1) is 23.3. The normalized spacial score (nSPS) is 14.0. The van der Waals surface area contributed by atoms with E-state index in [1.807, 2.05) is 0 Å². The summed E-state index contributed by atoms with van der Waals surface area (Å²) in [4.78, 5) is 34.3. The lowest BCUT2D eigenvalue weighted by atomic mass is 10.1. The van der Waals surface area contributed by atoms with E-state index in [0.717, 1.165) is 90.6 Å². The molecule has 0 fully saturated rings. The fraction of sp³-hybridized carbons (Fsp3) is 0.744. The molecule has 1 N–H and O–H groups in total. The Morgan fingerprint density at radius 3 is 1.52 bits per heavy atom. The lowest BCUT2D eigenvalue weighted by Gasteiger charge is -2.19. The molecule has 0 aliphatic heterocycles. The summed E-state index contributed by atoms with van der Waals surface area (Å²) in [5.74, 6) is -0.840. The molecule has 0 aliphatic carbocycles. The van der Waals surface area contributed by atoms with E-state index in [4.69, 9.17) is 14.0 Å². The summed E-state index contributed by atoms with van der Waals surface area (Å²) in [5.41, 5.74) is 0. The average molecular weight is 697 g/mol. The predicted molar refractivity (Wildman–Crippen MR) is 198 cm³/mol. The van der Waals surface area contributed by atoms with E-state index in [1.54, 1.807) is 0 Å². The maximum atomic E-state index is 12.4. The van der Waals surface area contributed by atoms with Gasteiger partial charge in [0, 0.05) is 20.0 Å². The average Bonchev–Trinajstić information content (AvgIpc) is 3.07. The van der Waals surface area contributed by atoms with Crippen LogP contribution in [-0.2, 0) is 32.7 Å². The van der Waals surface area contributed by atoms with Gasteiger partial charge < -0.3 is 14.4 Å². The fourth-order valence-corrected chi connectivity index (χ4v) is 5.28. The van der Waals surface area contributed by atoms with Crippen LogP contribution in [0.15, 0.2) is 48.6 Å². The molecule has 9 heteroatoms. The van der Waals surface area contributed by atoms with Crippen molar-refractivity contribution in [2.45, 2.75) is 168 Å². The molecular formula is C39H69O8P. The summed E-state index contributed by atoms with van der Waals surface area (Å²) in [7, 11) is -3.21. The summed E-state index contributed by atoms with van der Waals surface area (Å²) < 4.78 is 31.8. The molecule has 0 rings (SSSR count). The first-order valence-electron chi connectivity index (χ1n) is 18.8. The van der Waals surface area contributed by atoms with Gasteiger partial charge in [0.1, 0.15) is 6.61 Å². The molecule has 2 atom stereocenters. The molecule has 0 heterocycles. The van der Waals surface area contributed by atoms with Crippen molar-refractivity contribution in [3.05, 3.63) is 48.6 Å². The van der Waals surface area contributed by atoms with Gasteiger partial charge in [0.05, 0.1) is 6.61 Å². The van der Waals surface area contributed by atoms with E-state index >= 15 is 0 Å². The first kappa shape index (κ1) is 46.0. The molecular weight excluding hydrogens is 627 g/mol. The Bertz CT molecular complexity index is 927. The summed E-state index contributed by atoms with van der Waals surface area (Å²) in [6.07, 6.45) is 40.1. The summed E-state index contributed by atoms with van der Waals surface area (Å²) in [6.45, 7) is 3.78. The fourth-order valence-electron chi connectivity index (χ4n) is 4.82. The Hall–Kier alpha value is -1.99. The van der Waals surface area contributed by atoms with Crippen LogP contribution in [0.2, 0.25) is 0 Å². The second kappa shape index (κ2) is 34.9. The molecule has 0 saturated carbocycles. The SMILES string of the molecule is CCCC/C=C\C/C=C\CCCCCCCC(=O)OCC(COP(=O)(O)OC)OC(=O)CCCCCCC/C=C\C/C=C\CCCCC. The molecule has 0 aliphatic rings. The molecule has 8 nitrogen and oxygen atoms in total. The lowest BCUT2D eigenvalue weighted by Crippen LogP contribution is -2.29. The monoisotopic (exact) mass is 696 g/mol. The molecule has 0 aromatic rings. The van der Waals surface area contributed by atoms with Crippen molar-refractivity contribution in [3.63, 3.8) is 0 Å². The first-order valence-corrected chi connectivity index (χ1v) is 20.3. The zero-order valence-corrected chi connectivity index (χ0v) is 31.5. The Labute approximate surface area is 293 Å². The van der Waals surface area contributed by atoms with Gasteiger partial charge in [-0.25, -0.2) is 4.57 Å². The van der Waals surface area contributed by atoms with Crippen molar-refractivity contribution in [1.29, 1.82) is 0 Å². The second-order valence-electron chi connectivity index (χ2n) is 12.3. The smallest absolute Gasteiger partial charge is 0.462 e. The van der Waals surface area contributed by atoms with Crippen molar-refractivity contribution in [2.75, 3.05) is 20.3 Å². The molecule has 48 heavy (non-hydrogen) atoms. The van der Waals surface area contributed by atoms with E-state index in [2.05, 4.69) is 67.0 Å². The van der Waals surface area contributed by atoms with Crippen molar-refractivity contribution in [1.82, 2.24) is 0 Å². The zero-order valence-electron chi connectivity index (χ0n) is 30.6. The molecule has 0 radical (unpaired) electrons. The standard InChI is InChI=1S/C39H69O8P/c1-4-6-8-10-12-14-16-18-20-22-24-26-28-30-32-34-39(41)47-37(36-46-48(42,43)44-3)35-45-38(40)33-31-29-27-25-23-21-19-17-15-13-11-9-7-5-2/h11-14,17-20,37H,4-10,15-16,21-36H2,1-3H3,(H,42,43)/b13-11-,14-12-,19-17-,20-18-. The van der Waals surface area contributed by atoms with Crippen LogP contribution in [0.4, 0.5) is 0 Å². The number of carbonyl (C=O) groups excluding carboxylic acids is 2. The minimum Gasteiger partial charge on any atom is -0.462 e. The van der Waals surface area contributed by atoms with E-state index in [1.165, 1.54) is 44.9 Å². The van der Waals surface area contributed by atoms with Crippen molar-refractivity contribution < 1.29 is 37.6 Å². The van der Waals surface area contributed by atoms with Crippen LogP contribution < -0.4 is 0 Å². The van der Waals surface area contributed by atoms with Gasteiger partial charge in [-0.3, -0.25) is 18.6 Å². The number of phosphoric ester groups is 1. The van der Waals surface area contributed by atoms with Crippen LogP contribution in [-0.4, -0.2) is 43.3 Å². The lowest BCUT2D eigenvalue weighted by molar-refractivity contribution is -0.161. The third kappa shape index (κ3) is 33.9. The third-order valence-electron chi connectivity index (χ3n) is 7.80. The summed E-state index contributed by atoms with van der Waals surface area (Å²) >= 11 is 0. The zero-order chi connectivity index (χ0) is 35.4. The van der Waals surface area contributed by atoms with E-state index in [0.29, 0.717) is 6.42 Å². The molecule has 0 aromatic heterocycles. The highest BCUT2D eigenvalue weighted by Gasteiger charge is 2.24. The van der Waals surface area contributed by atoms with E-state index < -0.39 is 32.5 Å². The highest BCUT2D eigenvalue weighted by Crippen LogP contribution is 2.42. The van der Waals surface area contributed by atoms with Crippen LogP contribution in [0.5, 0.6) is 0 Å². The maximum Gasteiger partial charge on any atom is 0.472 e. The Kier molecular flexibility index (Phi) is 33.4. The molecule has 0 spiro atoms. The molecule has 0 amide bonds. The van der Waals surface area contributed by atoms with Crippen LogP contribution in [0.25, 0.3) is 0 Å². The quantitative estimate of drug-likeness (QED) is 0.0306. The number of rotatable bonds is 34. The number of esters is 2. The number of allylic oxidation sites excluding steroid dienone is 8. The number of phosphoric acid groups is 1. The summed E-state index contributed by atoms with van der Waals surface area (Å²) in [6, 6.07) is 0. The predicted octanol–water partition coefficient (Wildman–Crippen LogP) is 11.4. The van der Waals surface area contributed by atoms with Gasteiger partial charge in [0.25, 0.3) is 0 Å². The van der Waals surface area contributed by atoms with Gasteiger partial charge in [-0.05, 0) is 70.6 Å². The van der Waals surface area contributed by atoms with Crippen molar-refractivity contribution in [3.8, 4) is 0 Å². The van der Waals surface area contributed by atoms with Crippen molar-refractivity contribution in [2.24, 2.45) is 0 Å². The van der Waals surface area contributed by atoms with Gasteiger partial charge in [-0.1, -0.05) is 127 Å². The van der Waals surface area contributed by atoms with Crippen LogP contribution in [0, 0.1) is 0 Å². The van der Waals surface area contributed by atoms with E-state index in [-0.39, 0.29) is 19.4 Å². The minimum atomic E-state index is -4.26. The Balaban J connectivity index is 4.13. The highest BCUT2D eigenvalue weighted by atomic mass is 31.2. The summed E-state index contributed by atoms with van der Waals surface area (Å²) in [5, 5.41) is 0. The van der Waals surface area contributed by atoms with Crippen LogP contribution in [0.3, 0.4) is 0 Å². The number of hydrogen-bond acceptors (Lipinski definition) is 7. The molecule has 0 bridgehead atoms. The van der Waals surface area contributed by atoms with Crippen LogP contribution in [0.1, 0.15) is 162 Å². The highest BCUT2D eigenvalue weighted by molar-refractivity contribution is 7.47. The minimum absolute atomic E-state index is 0.224. The number of ether oxygens (including phenoxy) is 2. The topological polar surface area (TPSA) is 108 Å². The molecule has 278 valence electrons. The van der Waals surface area contributed by atoms with Crippen LogP contribution >= 0.6 is 7.82 Å². The van der Waals surface area contributed by atoms with Gasteiger partial charge >= 0.3 is 19.8 Å². The Morgan fingerprint density at radius 1 is 0.583 bits per heavy atom. The number of unbranched alkanes of at least 4 members (excludes halogenated alkanes) is 15. The number of hydrogen-bond donors (Lipinski definition) is 1. The third-order valence-corrected chi connectivity index (χ3v) is 8.73. The van der Waals surface area contributed by atoms with Gasteiger partial charge in [0.15, 0.2) is 6.10 Å².